The lowest BCUT2D eigenvalue weighted by molar-refractivity contribution is -0.148. The number of hydrogen-bond acceptors (Lipinski definition) is 2. The van der Waals surface area contributed by atoms with E-state index in [4.69, 9.17) is 0 Å². The Balaban J connectivity index is 1.91. The molecule has 0 aromatic carbocycles. The molecule has 5 nitrogen and oxygen atoms in total. The Kier molecular flexibility index (Phi) is 3.50. The predicted octanol–water partition coefficient (Wildman–Crippen LogP) is 1.68. The molecule has 1 atom stereocenters. The summed E-state index contributed by atoms with van der Waals surface area (Å²) in [5, 5.41) is 11.9. The van der Waals surface area contributed by atoms with Crippen molar-refractivity contribution in [3.05, 3.63) is 0 Å². The van der Waals surface area contributed by atoms with E-state index in [2.05, 4.69) is 19.2 Å². The lowest BCUT2D eigenvalue weighted by atomic mass is 9.77. The number of rotatable bonds is 3. The van der Waals surface area contributed by atoms with E-state index in [-0.39, 0.29) is 6.03 Å². The molecule has 1 unspecified atom stereocenters. The molecule has 1 saturated carbocycles. The number of carboxylic acids is 1. The molecule has 0 bridgehead atoms. The molecule has 2 amide bonds. The standard InChI is InChI=1S/C13H22N2O3/c1-9(2)10-4-7-15(8-10)12(18)14-13(11(16)17)5-3-6-13/h9-10H,3-8H2,1-2H3,(H,14,18)(H,16,17). The molecule has 102 valence electrons. The molecule has 0 radical (unpaired) electrons. The molecule has 1 aliphatic heterocycles. The van der Waals surface area contributed by atoms with E-state index in [9.17, 15) is 14.7 Å². The molecular weight excluding hydrogens is 232 g/mol. The normalized spacial score (nSPS) is 25.9. The highest BCUT2D eigenvalue weighted by Gasteiger charge is 2.46. The highest BCUT2D eigenvalue weighted by molar-refractivity contribution is 5.87. The smallest absolute Gasteiger partial charge is 0.329 e. The first-order chi connectivity index (χ1) is 8.44. The molecule has 0 spiro atoms. The molecule has 2 N–H and O–H groups in total. The number of likely N-dealkylation sites (tertiary alicyclic amines) is 1. The van der Waals surface area contributed by atoms with Crippen molar-refractivity contribution >= 4 is 12.0 Å². The molecule has 0 aromatic heterocycles. The van der Waals surface area contributed by atoms with Gasteiger partial charge in [-0.25, -0.2) is 9.59 Å². The first-order valence-corrected chi connectivity index (χ1v) is 6.75. The minimum atomic E-state index is -0.993. The van der Waals surface area contributed by atoms with Crippen molar-refractivity contribution in [2.75, 3.05) is 13.1 Å². The van der Waals surface area contributed by atoms with Crippen LogP contribution in [0.25, 0.3) is 0 Å². The van der Waals surface area contributed by atoms with E-state index in [0.29, 0.717) is 24.7 Å². The fourth-order valence-electron chi connectivity index (χ4n) is 2.72. The topological polar surface area (TPSA) is 69.6 Å². The highest BCUT2D eigenvalue weighted by Crippen LogP contribution is 2.33. The van der Waals surface area contributed by atoms with Gasteiger partial charge in [-0.15, -0.1) is 0 Å². The van der Waals surface area contributed by atoms with Gasteiger partial charge in [0.05, 0.1) is 0 Å². The summed E-state index contributed by atoms with van der Waals surface area (Å²) in [5.41, 5.74) is -0.993. The number of carbonyl (C=O) groups is 2. The third-order valence-electron chi connectivity index (χ3n) is 4.42. The molecule has 0 aromatic rings. The second kappa shape index (κ2) is 4.78. The first kappa shape index (κ1) is 13.2. The third kappa shape index (κ3) is 2.31. The Bertz CT molecular complexity index is 350. The SMILES string of the molecule is CC(C)C1CCN(C(=O)NC2(C(=O)O)CCC2)C1. The summed E-state index contributed by atoms with van der Waals surface area (Å²) < 4.78 is 0. The summed E-state index contributed by atoms with van der Waals surface area (Å²) in [4.78, 5) is 25.0. The number of nitrogens with one attached hydrogen (secondary N) is 1. The third-order valence-corrected chi connectivity index (χ3v) is 4.42. The van der Waals surface area contributed by atoms with Crippen LogP contribution in [0, 0.1) is 11.8 Å². The molecule has 5 heteroatoms. The van der Waals surface area contributed by atoms with E-state index in [1.54, 1.807) is 4.90 Å². The van der Waals surface area contributed by atoms with Crippen LogP contribution in [0.2, 0.25) is 0 Å². The summed E-state index contributed by atoms with van der Waals surface area (Å²) in [6.45, 7) is 5.82. The highest BCUT2D eigenvalue weighted by atomic mass is 16.4. The number of carbonyl (C=O) groups excluding carboxylic acids is 1. The van der Waals surface area contributed by atoms with Crippen molar-refractivity contribution in [3.63, 3.8) is 0 Å². The van der Waals surface area contributed by atoms with Gasteiger partial charge in [-0.3, -0.25) is 0 Å². The zero-order valence-corrected chi connectivity index (χ0v) is 11.1. The number of urea groups is 1. The number of nitrogens with zero attached hydrogens (tertiary/aromatic N) is 1. The largest absolute Gasteiger partial charge is 0.480 e. The number of aliphatic carboxylic acids is 1. The Hall–Kier alpha value is -1.26. The Morgan fingerprint density at radius 3 is 2.44 bits per heavy atom. The van der Waals surface area contributed by atoms with Crippen LogP contribution in [-0.4, -0.2) is 40.6 Å². The van der Waals surface area contributed by atoms with E-state index >= 15 is 0 Å². The molecule has 1 heterocycles. The quantitative estimate of drug-likeness (QED) is 0.805. The van der Waals surface area contributed by atoms with Crippen molar-refractivity contribution in [1.82, 2.24) is 10.2 Å². The van der Waals surface area contributed by atoms with E-state index in [1.807, 2.05) is 0 Å². The van der Waals surface area contributed by atoms with Crippen molar-refractivity contribution in [2.45, 2.75) is 45.1 Å². The molecule has 1 aliphatic carbocycles. The minimum absolute atomic E-state index is 0.208. The Morgan fingerprint density at radius 1 is 1.39 bits per heavy atom. The molecule has 2 aliphatic rings. The van der Waals surface area contributed by atoms with Crippen LogP contribution in [0.1, 0.15) is 39.5 Å². The van der Waals surface area contributed by atoms with Gasteiger partial charge < -0.3 is 15.3 Å². The summed E-state index contributed by atoms with van der Waals surface area (Å²) in [7, 11) is 0. The lowest BCUT2D eigenvalue weighted by Crippen LogP contribution is -2.61. The molecular formula is C13H22N2O3. The van der Waals surface area contributed by atoms with Crippen LogP contribution >= 0.6 is 0 Å². The number of carboxylic acid groups (broad SMARTS) is 1. The van der Waals surface area contributed by atoms with Gasteiger partial charge >= 0.3 is 12.0 Å². The maximum Gasteiger partial charge on any atom is 0.329 e. The number of hydrogen-bond donors (Lipinski definition) is 2. The second-order valence-corrected chi connectivity index (χ2v) is 5.91. The van der Waals surface area contributed by atoms with Crippen molar-refractivity contribution in [1.29, 1.82) is 0 Å². The van der Waals surface area contributed by atoms with E-state index < -0.39 is 11.5 Å². The van der Waals surface area contributed by atoms with Gasteiger partial charge in [-0.05, 0) is 37.5 Å². The zero-order valence-electron chi connectivity index (χ0n) is 11.1. The molecule has 1 saturated heterocycles. The van der Waals surface area contributed by atoms with Crippen LogP contribution in [-0.2, 0) is 4.79 Å². The van der Waals surface area contributed by atoms with Gasteiger partial charge in [-0.1, -0.05) is 13.8 Å². The average molecular weight is 254 g/mol. The van der Waals surface area contributed by atoms with Gasteiger partial charge in [0, 0.05) is 13.1 Å². The Morgan fingerprint density at radius 2 is 2.06 bits per heavy atom. The van der Waals surface area contributed by atoms with Gasteiger partial charge in [-0.2, -0.15) is 0 Å². The predicted molar refractivity (Wildman–Crippen MR) is 67.3 cm³/mol. The van der Waals surface area contributed by atoms with Gasteiger partial charge in [0.25, 0.3) is 0 Å². The van der Waals surface area contributed by atoms with Gasteiger partial charge in [0.15, 0.2) is 0 Å². The zero-order chi connectivity index (χ0) is 13.3. The van der Waals surface area contributed by atoms with Crippen molar-refractivity contribution in [2.24, 2.45) is 11.8 Å². The molecule has 18 heavy (non-hydrogen) atoms. The van der Waals surface area contributed by atoms with Gasteiger partial charge in [0.1, 0.15) is 5.54 Å². The fourth-order valence-corrected chi connectivity index (χ4v) is 2.72. The van der Waals surface area contributed by atoms with Crippen LogP contribution in [0.3, 0.4) is 0 Å². The summed E-state index contributed by atoms with van der Waals surface area (Å²) in [5.74, 6) is 0.208. The average Bonchev–Trinajstić information content (AvgIpc) is 2.71. The maximum atomic E-state index is 12.1. The minimum Gasteiger partial charge on any atom is -0.480 e. The molecule has 2 rings (SSSR count). The number of amides is 2. The summed E-state index contributed by atoms with van der Waals surface area (Å²) in [6, 6.07) is -0.208. The maximum absolute atomic E-state index is 12.1. The summed E-state index contributed by atoms with van der Waals surface area (Å²) >= 11 is 0. The van der Waals surface area contributed by atoms with Crippen LogP contribution in [0.5, 0.6) is 0 Å². The van der Waals surface area contributed by atoms with Crippen LogP contribution in [0.15, 0.2) is 0 Å². The van der Waals surface area contributed by atoms with E-state index in [1.165, 1.54) is 0 Å². The summed E-state index contributed by atoms with van der Waals surface area (Å²) in [6.07, 6.45) is 3.00. The lowest BCUT2D eigenvalue weighted by Gasteiger charge is -2.39. The Labute approximate surface area is 108 Å². The van der Waals surface area contributed by atoms with Gasteiger partial charge in [0.2, 0.25) is 0 Å². The second-order valence-electron chi connectivity index (χ2n) is 5.91. The van der Waals surface area contributed by atoms with Crippen LogP contribution < -0.4 is 5.32 Å². The van der Waals surface area contributed by atoms with E-state index in [0.717, 1.165) is 25.9 Å². The fraction of sp³-hybridized carbons (Fsp3) is 0.846. The monoisotopic (exact) mass is 254 g/mol. The van der Waals surface area contributed by atoms with Crippen molar-refractivity contribution < 1.29 is 14.7 Å². The van der Waals surface area contributed by atoms with Crippen molar-refractivity contribution in [3.8, 4) is 0 Å². The molecule has 2 fully saturated rings. The first-order valence-electron chi connectivity index (χ1n) is 6.75. The van der Waals surface area contributed by atoms with Crippen LogP contribution in [0.4, 0.5) is 4.79 Å².